The molecule has 0 unspecified atom stereocenters. The van der Waals surface area contributed by atoms with E-state index in [4.69, 9.17) is 11.1 Å². The van der Waals surface area contributed by atoms with Crippen molar-refractivity contribution in [1.29, 1.82) is 5.41 Å². The van der Waals surface area contributed by atoms with Crippen LogP contribution < -0.4 is 10.6 Å². The second kappa shape index (κ2) is 5.67. The van der Waals surface area contributed by atoms with Gasteiger partial charge in [0.25, 0.3) is 0 Å². The fourth-order valence-corrected chi connectivity index (χ4v) is 2.66. The molecular formula is C16H18BrN3. The summed E-state index contributed by atoms with van der Waals surface area (Å²) in [6, 6.07) is 12.2. The lowest BCUT2D eigenvalue weighted by atomic mass is 10.1. The number of nitrogens with two attached hydrogens (primary N) is 1. The number of nitrogens with zero attached hydrogens (tertiary/aromatic N) is 1. The largest absolute Gasteiger partial charge is 0.384 e. The van der Waals surface area contributed by atoms with E-state index in [0.29, 0.717) is 0 Å². The van der Waals surface area contributed by atoms with Gasteiger partial charge in [0.15, 0.2) is 0 Å². The Morgan fingerprint density at radius 2 is 1.70 bits per heavy atom. The fraction of sp³-hybridized carbons (Fsp3) is 0.188. The molecule has 0 bridgehead atoms. The highest BCUT2D eigenvalue weighted by atomic mass is 79.9. The molecule has 2 rings (SSSR count). The van der Waals surface area contributed by atoms with Crippen LogP contribution in [0.4, 0.5) is 11.4 Å². The van der Waals surface area contributed by atoms with Gasteiger partial charge in [-0.05, 0) is 55.3 Å². The van der Waals surface area contributed by atoms with Gasteiger partial charge in [0, 0.05) is 22.8 Å². The molecule has 0 aliphatic heterocycles. The molecule has 0 spiro atoms. The Balaban J connectivity index is 2.52. The summed E-state index contributed by atoms with van der Waals surface area (Å²) in [5.74, 6) is 0.0672. The number of benzene rings is 2. The summed E-state index contributed by atoms with van der Waals surface area (Å²) < 4.78 is 0.917. The molecule has 0 atom stereocenters. The molecule has 2 aromatic carbocycles. The third kappa shape index (κ3) is 3.02. The standard InChI is InChI=1S/C16H18BrN3/c1-10-6-11(2)8-13(7-10)20(3)15-5-4-12(17)9-14(15)16(18)19/h4-9H,1-3H3,(H3,18,19). The summed E-state index contributed by atoms with van der Waals surface area (Å²) in [5.41, 5.74) is 10.9. The van der Waals surface area contributed by atoms with Crippen LogP contribution in [0.1, 0.15) is 16.7 Å². The van der Waals surface area contributed by atoms with Gasteiger partial charge >= 0.3 is 0 Å². The molecule has 0 aromatic heterocycles. The lowest BCUT2D eigenvalue weighted by molar-refractivity contribution is 1.18. The minimum Gasteiger partial charge on any atom is -0.384 e. The first-order valence-corrected chi connectivity index (χ1v) is 7.14. The first-order valence-electron chi connectivity index (χ1n) is 6.34. The number of nitrogen functional groups attached to an aromatic ring is 1. The summed E-state index contributed by atoms with van der Waals surface area (Å²) in [6.45, 7) is 4.16. The molecule has 2 aromatic rings. The van der Waals surface area contributed by atoms with Crippen LogP contribution in [0.25, 0.3) is 0 Å². The molecule has 0 radical (unpaired) electrons. The van der Waals surface area contributed by atoms with Gasteiger partial charge in [-0.25, -0.2) is 0 Å². The van der Waals surface area contributed by atoms with Gasteiger partial charge in [0.05, 0.1) is 5.69 Å². The van der Waals surface area contributed by atoms with Gasteiger partial charge in [0.2, 0.25) is 0 Å². The second-order valence-electron chi connectivity index (χ2n) is 4.98. The highest BCUT2D eigenvalue weighted by Gasteiger charge is 2.12. The quantitative estimate of drug-likeness (QED) is 0.656. The predicted molar refractivity (Wildman–Crippen MR) is 89.1 cm³/mol. The third-order valence-electron chi connectivity index (χ3n) is 3.20. The van der Waals surface area contributed by atoms with E-state index < -0.39 is 0 Å². The van der Waals surface area contributed by atoms with Crippen LogP contribution in [0.2, 0.25) is 0 Å². The highest BCUT2D eigenvalue weighted by Crippen LogP contribution is 2.30. The number of rotatable bonds is 3. The molecule has 0 saturated heterocycles. The summed E-state index contributed by atoms with van der Waals surface area (Å²) in [7, 11) is 1.99. The van der Waals surface area contributed by atoms with E-state index in [2.05, 4.69) is 52.9 Å². The molecule has 0 heterocycles. The van der Waals surface area contributed by atoms with Gasteiger partial charge in [0.1, 0.15) is 5.84 Å². The maximum absolute atomic E-state index is 7.74. The highest BCUT2D eigenvalue weighted by molar-refractivity contribution is 9.10. The molecule has 0 saturated carbocycles. The molecule has 3 N–H and O–H groups in total. The van der Waals surface area contributed by atoms with Crippen molar-refractivity contribution in [2.24, 2.45) is 5.73 Å². The van der Waals surface area contributed by atoms with Crippen molar-refractivity contribution in [3.8, 4) is 0 Å². The van der Waals surface area contributed by atoms with E-state index in [1.165, 1.54) is 11.1 Å². The summed E-state index contributed by atoms with van der Waals surface area (Å²) in [4.78, 5) is 2.06. The van der Waals surface area contributed by atoms with Gasteiger partial charge < -0.3 is 10.6 Å². The van der Waals surface area contributed by atoms with Crippen molar-refractivity contribution < 1.29 is 0 Å². The summed E-state index contributed by atoms with van der Waals surface area (Å²) in [6.07, 6.45) is 0. The SMILES string of the molecule is Cc1cc(C)cc(N(C)c2ccc(Br)cc2C(=N)N)c1. The molecule has 4 heteroatoms. The molecule has 0 aliphatic carbocycles. The first-order chi connectivity index (χ1) is 9.38. The van der Waals surface area contributed by atoms with Crippen LogP contribution in [0, 0.1) is 19.3 Å². The van der Waals surface area contributed by atoms with Gasteiger partial charge in [-0.15, -0.1) is 0 Å². The van der Waals surface area contributed by atoms with Crippen LogP contribution in [0.3, 0.4) is 0 Å². The van der Waals surface area contributed by atoms with E-state index in [1.54, 1.807) is 0 Å². The van der Waals surface area contributed by atoms with Crippen molar-refractivity contribution in [2.45, 2.75) is 13.8 Å². The van der Waals surface area contributed by atoms with E-state index in [9.17, 15) is 0 Å². The van der Waals surface area contributed by atoms with Gasteiger partial charge in [-0.1, -0.05) is 22.0 Å². The number of halogens is 1. The molecular weight excluding hydrogens is 314 g/mol. The maximum atomic E-state index is 7.74. The smallest absolute Gasteiger partial charge is 0.124 e. The Hall–Kier alpha value is -1.81. The van der Waals surface area contributed by atoms with Crippen LogP contribution in [0.15, 0.2) is 40.9 Å². The van der Waals surface area contributed by atoms with E-state index >= 15 is 0 Å². The number of aryl methyl sites for hydroxylation is 2. The third-order valence-corrected chi connectivity index (χ3v) is 3.70. The lowest BCUT2D eigenvalue weighted by Crippen LogP contribution is -2.18. The number of nitrogens with one attached hydrogen (secondary N) is 1. The van der Waals surface area contributed by atoms with Crippen molar-refractivity contribution in [3.63, 3.8) is 0 Å². The number of amidine groups is 1. The van der Waals surface area contributed by atoms with Gasteiger partial charge in [-0.3, -0.25) is 5.41 Å². The predicted octanol–water partition coefficient (Wildman–Crippen LogP) is 4.12. The zero-order valence-electron chi connectivity index (χ0n) is 11.9. The monoisotopic (exact) mass is 331 g/mol. The Labute approximate surface area is 128 Å². The van der Waals surface area contributed by atoms with E-state index in [1.807, 2.05) is 25.2 Å². The maximum Gasteiger partial charge on any atom is 0.124 e. The van der Waals surface area contributed by atoms with Gasteiger partial charge in [-0.2, -0.15) is 0 Å². The Morgan fingerprint density at radius 3 is 2.25 bits per heavy atom. The number of anilines is 2. The first kappa shape index (κ1) is 14.6. The Bertz CT molecular complexity index is 645. The molecule has 104 valence electrons. The minimum atomic E-state index is 0.0672. The zero-order chi connectivity index (χ0) is 14.9. The Morgan fingerprint density at radius 1 is 1.10 bits per heavy atom. The van der Waals surface area contributed by atoms with E-state index in [0.717, 1.165) is 21.4 Å². The second-order valence-corrected chi connectivity index (χ2v) is 5.90. The molecule has 3 nitrogen and oxygen atoms in total. The van der Waals surface area contributed by atoms with Crippen LogP contribution >= 0.6 is 15.9 Å². The van der Waals surface area contributed by atoms with Crippen molar-refractivity contribution in [3.05, 3.63) is 57.6 Å². The number of hydrogen-bond donors (Lipinski definition) is 2. The molecule has 20 heavy (non-hydrogen) atoms. The van der Waals surface area contributed by atoms with Crippen molar-refractivity contribution >= 4 is 33.1 Å². The topological polar surface area (TPSA) is 53.1 Å². The van der Waals surface area contributed by atoms with Crippen LogP contribution in [0.5, 0.6) is 0 Å². The molecule has 0 aliphatic rings. The van der Waals surface area contributed by atoms with Crippen LogP contribution in [-0.2, 0) is 0 Å². The van der Waals surface area contributed by atoms with Crippen LogP contribution in [-0.4, -0.2) is 12.9 Å². The van der Waals surface area contributed by atoms with Crippen molar-refractivity contribution in [2.75, 3.05) is 11.9 Å². The summed E-state index contributed by atoms with van der Waals surface area (Å²) in [5, 5.41) is 7.74. The molecule has 0 fully saturated rings. The zero-order valence-corrected chi connectivity index (χ0v) is 13.5. The average molecular weight is 332 g/mol. The molecule has 0 amide bonds. The minimum absolute atomic E-state index is 0.0672. The van der Waals surface area contributed by atoms with Crippen molar-refractivity contribution in [1.82, 2.24) is 0 Å². The normalized spacial score (nSPS) is 10.4. The van der Waals surface area contributed by atoms with E-state index in [-0.39, 0.29) is 5.84 Å². The number of hydrogen-bond acceptors (Lipinski definition) is 2. The Kier molecular flexibility index (Phi) is 4.14. The fourth-order valence-electron chi connectivity index (χ4n) is 2.30. The lowest BCUT2D eigenvalue weighted by Gasteiger charge is -2.23. The summed E-state index contributed by atoms with van der Waals surface area (Å²) >= 11 is 3.42. The average Bonchev–Trinajstić information content (AvgIpc) is 2.36.